The maximum Gasteiger partial charge on any atom is 0.131 e. The van der Waals surface area contributed by atoms with Crippen molar-refractivity contribution in [2.75, 3.05) is 7.11 Å². The van der Waals surface area contributed by atoms with Crippen LogP contribution < -0.4 is 10.5 Å². The van der Waals surface area contributed by atoms with E-state index in [2.05, 4.69) is 0 Å². The van der Waals surface area contributed by atoms with Crippen molar-refractivity contribution in [1.82, 2.24) is 0 Å². The number of ether oxygens (including phenoxy) is 2. The summed E-state index contributed by atoms with van der Waals surface area (Å²) in [6.07, 6.45) is 4.42. The van der Waals surface area contributed by atoms with Crippen LogP contribution in [0.25, 0.3) is 0 Å². The van der Waals surface area contributed by atoms with Gasteiger partial charge < -0.3 is 15.2 Å². The van der Waals surface area contributed by atoms with Gasteiger partial charge in [-0.2, -0.15) is 0 Å². The summed E-state index contributed by atoms with van der Waals surface area (Å²) < 4.78 is 24.7. The number of halogens is 1. The van der Waals surface area contributed by atoms with E-state index < -0.39 is 0 Å². The summed E-state index contributed by atoms with van der Waals surface area (Å²) >= 11 is 0. The Kier molecular flexibility index (Phi) is 4.55. The molecular formula is C14H20FNO2. The van der Waals surface area contributed by atoms with E-state index in [1.165, 1.54) is 6.07 Å². The fraction of sp³-hybridized carbons (Fsp3) is 0.571. The van der Waals surface area contributed by atoms with Crippen molar-refractivity contribution in [3.8, 4) is 5.75 Å². The second-order valence-electron chi connectivity index (χ2n) is 4.72. The number of hydrogen-bond donors (Lipinski definition) is 1. The molecule has 4 heteroatoms. The number of methoxy groups -OCH3 is 1. The highest BCUT2D eigenvalue weighted by Gasteiger charge is 2.23. The van der Waals surface area contributed by atoms with Crippen molar-refractivity contribution in [2.45, 2.75) is 44.4 Å². The molecule has 2 atom stereocenters. The molecule has 1 aromatic carbocycles. The van der Waals surface area contributed by atoms with E-state index in [4.69, 9.17) is 15.2 Å². The van der Waals surface area contributed by atoms with E-state index in [0.29, 0.717) is 11.3 Å². The Morgan fingerprint density at radius 3 is 2.78 bits per heavy atom. The Balaban J connectivity index is 1.98. The van der Waals surface area contributed by atoms with Crippen LogP contribution in [0, 0.1) is 5.82 Å². The van der Waals surface area contributed by atoms with Gasteiger partial charge in [-0.3, -0.25) is 0 Å². The van der Waals surface area contributed by atoms with E-state index in [1.807, 2.05) is 0 Å². The van der Waals surface area contributed by atoms with Crippen molar-refractivity contribution < 1.29 is 13.9 Å². The van der Waals surface area contributed by atoms with Gasteiger partial charge in [-0.05, 0) is 25.3 Å². The van der Waals surface area contributed by atoms with E-state index in [1.54, 1.807) is 19.2 Å². The van der Waals surface area contributed by atoms with Crippen LogP contribution in [0.15, 0.2) is 18.2 Å². The third-order valence-corrected chi connectivity index (χ3v) is 3.46. The Bertz CT molecular complexity index is 397. The maximum atomic E-state index is 13.6. The van der Waals surface area contributed by atoms with Crippen LogP contribution >= 0.6 is 0 Å². The van der Waals surface area contributed by atoms with E-state index in [0.717, 1.165) is 25.7 Å². The first-order chi connectivity index (χ1) is 8.72. The summed E-state index contributed by atoms with van der Waals surface area (Å²) in [6.45, 7) is 0.210. The highest BCUT2D eigenvalue weighted by Crippen LogP contribution is 2.26. The van der Waals surface area contributed by atoms with Crippen LogP contribution in [-0.2, 0) is 11.3 Å². The summed E-state index contributed by atoms with van der Waals surface area (Å²) in [5.74, 6) is 0.278. The highest BCUT2D eigenvalue weighted by molar-refractivity contribution is 5.29. The van der Waals surface area contributed by atoms with Crippen LogP contribution in [0.4, 0.5) is 4.39 Å². The van der Waals surface area contributed by atoms with Gasteiger partial charge in [-0.1, -0.05) is 6.07 Å². The average Bonchev–Trinajstić information content (AvgIpc) is 2.39. The van der Waals surface area contributed by atoms with Crippen molar-refractivity contribution in [2.24, 2.45) is 5.73 Å². The third kappa shape index (κ3) is 3.21. The minimum Gasteiger partial charge on any atom is -0.490 e. The molecule has 0 bridgehead atoms. The van der Waals surface area contributed by atoms with E-state index in [-0.39, 0.29) is 24.6 Å². The molecule has 3 nitrogen and oxygen atoms in total. The topological polar surface area (TPSA) is 44.5 Å². The first-order valence-corrected chi connectivity index (χ1v) is 6.41. The van der Waals surface area contributed by atoms with Gasteiger partial charge in [0.2, 0.25) is 0 Å². The molecule has 0 spiro atoms. The SMILES string of the molecule is COC1CCCC(Oc2ccc(CN)c(F)c2)C1. The first kappa shape index (κ1) is 13.3. The Labute approximate surface area is 107 Å². The quantitative estimate of drug-likeness (QED) is 0.897. The number of hydrogen-bond acceptors (Lipinski definition) is 3. The molecule has 0 aliphatic heterocycles. The molecule has 18 heavy (non-hydrogen) atoms. The van der Waals surface area contributed by atoms with Gasteiger partial charge in [-0.25, -0.2) is 4.39 Å². The zero-order valence-corrected chi connectivity index (χ0v) is 10.7. The van der Waals surface area contributed by atoms with E-state index >= 15 is 0 Å². The van der Waals surface area contributed by atoms with Crippen LogP contribution in [-0.4, -0.2) is 19.3 Å². The molecule has 1 aliphatic carbocycles. The molecule has 2 N–H and O–H groups in total. The smallest absolute Gasteiger partial charge is 0.131 e. The predicted octanol–water partition coefficient (Wildman–Crippen LogP) is 2.62. The summed E-state index contributed by atoms with van der Waals surface area (Å²) in [5, 5.41) is 0. The van der Waals surface area contributed by atoms with Crippen molar-refractivity contribution in [3.63, 3.8) is 0 Å². The lowest BCUT2D eigenvalue weighted by atomic mass is 9.95. The molecular weight excluding hydrogens is 233 g/mol. The summed E-state index contributed by atoms with van der Waals surface area (Å²) in [7, 11) is 1.72. The van der Waals surface area contributed by atoms with Gasteiger partial charge in [0, 0.05) is 31.7 Å². The molecule has 0 amide bonds. The number of rotatable bonds is 4. The Hall–Kier alpha value is -1.13. The molecule has 0 saturated heterocycles. The standard InChI is InChI=1S/C14H20FNO2/c1-17-11-3-2-4-12(7-11)18-13-6-5-10(9-16)14(15)8-13/h5-6,8,11-12H,2-4,7,9,16H2,1H3. The largest absolute Gasteiger partial charge is 0.490 e. The van der Waals surface area contributed by atoms with E-state index in [9.17, 15) is 4.39 Å². The predicted molar refractivity (Wildman–Crippen MR) is 68.0 cm³/mol. The molecule has 1 fully saturated rings. The van der Waals surface area contributed by atoms with Crippen LogP contribution in [0.1, 0.15) is 31.2 Å². The van der Waals surface area contributed by atoms with Crippen molar-refractivity contribution in [1.29, 1.82) is 0 Å². The van der Waals surface area contributed by atoms with Crippen molar-refractivity contribution in [3.05, 3.63) is 29.6 Å². The number of benzene rings is 1. The van der Waals surface area contributed by atoms with Gasteiger partial charge in [0.1, 0.15) is 17.7 Å². The second-order valence-corrected chi connectivity index (χ2v) is 4.72. The second kappa shape index (κ2) is 6.16. The van der Waals surface area contributed by atoms with Gasteiger partial charge in [0.15, 0.2) is 0 Å². The van der Waals surface area contributed by atoms with Crippen LogP contribution in [0.5, 0.6) is 5.75 Å². The Morgan fingerprint density at radius 1 is 1.33 bits per heavy atom. The fourth-order valence-electron chi connectivity index (χ4n) is 2.38. The molecule has 1 saturated carbocycles. The molecule has 100 valence electrons. The summed E-state index contributed by atoms with van der Waals surface area (Å²) in [6, 6.07) is 4.88. The third-order valence-electron chi connectivity index (χ3n) is 3.46. The number of nitrogens with two attached hydrogens (primary N) is 1. The van der Waals surface area contributed by atoms with Gasteiger partial charge in [0.05, 0.1) is 6.10 Å². The molecule has 2 unspecified atom stereocenters. The maximum absolute atomic E-state index is 13.6. The van der Waals surface area contributed by atoms with Gasteiger partial charge in [-0.15, -0.1) is 0 Å². The van der Waals surface area contributed by atoms with Gasteiger partial charge in [0.25, 0.3) is 0 Å². The minimum absolute atomic E-state index is 0.117. The normalized spacial score (nSPS) is 23.9. The highest BCUT2D eigenvalue weighted by atomic mass is 19.1. The lowest BCUT2D eigenvalue weighted by Gasteiger charge is -2.28. The molecule has 1 aliphatic rings. The Morgan fingerprint density at radius 2 is 2.11 bits per heavy atom. The molecule has 1 aromatic rings. The van der Waals surface area contributed by atoms with Gasteiger partial charge >= 0.3 is 0 Å². The monoisotopic (exact) mass is 253 g/mol. The van der Waals surface area contributed by atoms with Crippen LogP contribution in [0.2, 0.25) is 0 Å². The summed E-state index contributed by atoms with van der Waals surface area (Å²) in [5.41, 5.74) is 5.94. The lowest BCUT2D eigenvalue weighted by molar-refractivity contribution is 0.0209. The zero-order chi connectivity index (χ0) is 13.0. The molecule has 0 aromatic heterocycles. The molecule has 0 heterocycles. The minimum atomic E-state index is -0.297. The lowest BCUT2D eigenvalue weighted by Crippen LogP contribution is -2.29. The average molecular weight is 253 g/mol. The first-order valence-electron chi connectivity index (χ1n) is 6.41. The fourth-order valence-corrected chi connectivity index (χ4v) is 2.38. The van der Waals surface area contributed by atoms with Crippen molar-refractivity contribution >= 4 is 0 Å². The molecule has 0 radical (unpaired) electrons. The summed E-state index contributed by atoms with van der Waals surface area (Å²) in [4.78, 5) is 0. The molecule has 2 rings (SSSR count). The zero-order valence-electron chi connectivity index (χ0n) is 10.7. The van der Waals surface area contributed by atoms with Crippen LogP contribution in [0.3, 0.4) is 0 Å².